The van der Waals surface area contributed by atoms with Crippen LogP contribution in [0.5, 0.6) is 0 Å². The summed E-state index contributed by atoms with van der Waals surface area (Å²) in [6.07, 6.45) is 10.9. The average Bonchev–Trinajstić information content (AvgIpc) is 2.96. The van der Waals surface area contributed by atoms with E-state index in [1.807, 2.05) is 30.5 Å². The zero-order valence-corrected chi connectivity index (χ0v) is 12.8. The highest BCUT2D eigenvalue weighted by Crippen LogP contribution is 2.19. The highest BCUT2D eigenvalue weighted by Gasteiger charge is 2.14. The maximum absolute atomic E-state index is 12.0. The summed E-state index contributed by atoms with van der Waals surface area (Å²) >= 11 is 0. The van der Waals surface area contributed by atoms with Crippen LogP contribution in [0, 0.1) is 0 Å². The lowest BCUT2D eigenvalue weighted by Crippen LogP contribution is -2.19. The van der Waals surface area contributed by atoms with Gasteiger partial charge in [-0.25, -0.2) is 4.79 Å². The minimum atomic E-state index is -0.305. The number of para-hydroxylation sites is 1. The quantitative estimate of drug-likeness (QED) is 0.656. The molecule has 0 aliphatic carbocycles. The van der Waals surface area contributed by atoms with Crippen molar-refractivity contribution in [3.8, 4) is 0 Å². The van der Waals surface area contributed by atoms with Gasteiger partial charge in [0.25, 0.3) is 0 Å². The monoisotopic (exact) mass is 309 g/mol. The van der Waals surface area contributed by atoms with E-state index in [1.165, 1.54) is 11.5 Å². The van der Waals surface area contributed by atoms with Gasteiger partial charge in [-0.3, -0.25) is 4.79 Å². The Bertz CT molecular complexity index is 770. The molecule has 4 nitrogen and oxygen atoms in total. The summed E-state index contributed by atoms with van der Waals surface area (Å²) in [6, 6.07) is 8.08. The summed E-state index contributed by atoms with van der Waals surface area (Å²) in [7, 11) is 0. The fourth-order valence-corrected chi connectivity index (χ4v) is 2.74. The summed E-state index contributed by atoms with van der Waals surface area (Å²) in [5, 5.41) is 1.17. The molecular formula is C19H19NO3. The smallest absolute Gasteiger partial charge is 0.330 e. The van der Waals surface area contributed by atoms with Crippen LogP contribution in [0.2, 0.25) is 0 Å². The number of aromatic amines is 1. The van der Waals surface area contributed by atoms with Crippen LogP contribution in [0.3, 0.4) is 0 Å². The molecule has 4 heteroatoms. The van der Waals surface area contributed by atoms with Gasteiger partial charge in [0.05, 0.1) is 0 Å². The molecule has 0 unspecified atom stereocenters. The summed E-state index contributed by atoms with van der Waals surface area (Å²) in [6.45, 7) is 0. The number of allylic oxidation sites excluding steroid dienone is 1. The number of ether oxygens (including phenoxy) is 1. The van der Waals surface area contributed by atoms with Crippen LogP contribution >= 0.6 is 0 Å². The molecule has 1 aromatic carbocycles. The number of esters is 1. The molecule has 0 fully saturated rings. The molecule has 1 aromatic heterocycles. The van der Waals surface area contributed by atoms with E-state index in [4.69, 9.17) is 4.74 Å². The third-order valence-electron chi connectivity index (χ3n) is 3.95. The Hall–Kier alpha value is -2.62. The van der Waals surface area contributed by atoms with Gasteiger partial charge in [-0.2, -0.15) is 0 Å². The van der Waals surface area contributed by atoms with Crippen LogP contribution in [0.15, 0.2) is 54.8 Å². The molecule has 0 radical (unpaired) electrons. The van der Waals surface area contributed by atoms with Crippen LogP contribution in [-0.4, -0.2) is 22.8 Å². The first-order valence-corrected chi connectivity index (χ1v) is 7.84. The summed E-state index contributed by atoms with van der Waals surface area (Å²) in [5.74, 6) is -0.215. The van der Waals surface area contributed by atoms with E-state index in [0.717, 1.165) is 11.1 Å². The van der Waals surface area contributed by atoms with Crippen LogP contribution in [-0.2, 0) is 20.7 Å². The molecule has 1 N–H and O–H groups in total. The molecule has 3 rings (SSSR count). The van der Waals surface area contributed by atoms with Gasteiger partial charge < -0.3 is 9.72 Å². The Morgan fingerprint density at radius 3 is 3.09 bits per heavy atom. The van der Waals surface area contributed by atoms with Gasteiger partial charge in [-0.05, 0) is 24.1 Å². The van der Waals surface area contributed by atoms with Gasteiger partial charge in [-0.1, -0.05) is 30.4 Å². The fourth-order valence-electron chi connectivity index (χ4n) is 2.74. The van der Waals surface area contributed by atoms with Crippen molar-refractivity contribution < 1.29 is 14.3 Å². The number of cyclic esters (lactones) is 1. The number of carbonyl (C=O) groups is 2. The first-order chi connectivity index (χ1) is 11.2. The Balaban J connectivity index is 1.49. The van der Waals surface area contributed by atoms with Crippen molar-refractivity contribution in [1.82, 2.24) is 4.98 Å². The average molecular weight is 309 g/mol. The second kappa shape index (κ2) is 7.09. The van der Waals surface area contributed by atoms with Crippen molar-refractivity contribution in [1.29, 1.82) is 0 Å². The first-order valence-electron chi connectivity index (χ1n) is 7.84. The summed E-state index contributed by atoms with van der Waals surface area (Å²) in [5.41, 5.74) is 2.26. The van der Waals surface area contributed by atoms with Gasteiger partial charge in [0.15, 0.2) is 5.78 Å². The maximum Gasteiger partial charge on any atom is 0.330 e. The second-order valence-corrected chi connectivity index (χ2v) is 5.66. The van der Waals surface area contributed by atoms with Crippen molar-refractivity contribution in [3.05, 3.63) is 60.3 Å². The minimum Gasteiger partial charge on any atom is -0.459 e. The lowest BCUT2D eigenvalue weighted by Gasteiger charge is -2.16. The fraction of sp³-hybridized carbons (Fsp3) is 0.263. The first kappa shape index (κ1) is 15.3. The Morgan fingerprint density at radius 2 is 2.22 bits per heavy atom. The topological polar surface area (TPSA) is 59.2 Å². The van der Waals surface area contributed by atoms with E-state index in [0.29, 0.717) is 25.7 Å². The van der Waals surface area contributed by atoms with Gasteiger partial charge in [0.2, 0.25) is 0 Å². The van der Waals surface area contributed by atoms with Gasteiger partial charge in [0, 0.05) is 42.4 Å². The van der Waals surface area contributed by atoms with E-state index in [9.17, 15) is 9.59 Å². The molecular weight excluding hydrogens is 290 g/mol. The predicted molar refractivity (Wildman–Crippen MR) is 89.0 cm³/mol. The minimum absolute atomic E-state index is 0.0907. The van der Waals surface area contributed by atoms with E-state index < -0.39 is 0 Å². The zero-order chi connectivity index (χ0) is 16.1. The third kappa shape index (κ3) is 3.97. The van der Waals surface area contributed by atoms with Crippen molar-refractivity contribution in [2.24, 2.45) is 0 Å². The number of H-pyrrole nitrogens is 1. The number of ketones is 1. The highest BCUT2D eigenvalue weighted by atomic mass is 16.5. The standard InChI is InChI=1S/C19H19NO3/c21-15(5-3-6-16-7-4-10-19(22)23-16)12-11-14-13-20-18-9-2-1-8-17(14)18/h1-5,8-10,13,16,20H,6-7,11-12H2/b5-3+/t16-/m1/s1. The molecule has 2 heterocycles. The van der Waals surface area contributed by atoms with Crippen molar-refractivity contribution in [2.45, 2.75) is 31.8 Å². The van der Waals surface area contributed by atoms with Crippen molar-refractivity contribution in [3.63, 3.8) is 0 Å². The normalized spacial score (nSPS) is 17.7. The molecule has 1 aliphatic rings. The number of aromatic nitrogens is 1. The van der Waals surface area contributed by atoms with E-state index in [-0.39, 0.29) is 17.9 Å². The molecule has 2 aromatic rings. The number of fused-ring (bicyclic) bond motifs is 1. The number of hydrogen-bond donors (Lipinski definition) is 1. The number of carbonyl (C=O) groups excluding carboxylic acids is 2. The van der Waals surface area contributed by atoms with Gasteiger partial charge >= 0.3 is 5.97 Å². The van der Waals surface area contributed by atoms with Crippen molar-refractivity contribution >= 4 is 22.7 Å². The van der Waals surface area contributed by atoms with E-state index in [2.05, 4.69) is 11.1 Å². The van der Waals surface area contributed by atoms with Crippen LogP contribution < -0.4 is 0 Å². The Morgan fingerprint density at radius 1 is 1.35 bits per heavy atom. The molecule has 0 amide bonds. The van der Waals surface area contributed by atoms with E-state index >= 15 is 0 Å². The number of rotatable bonds is 6. The molecule has 0 bridgehead atoms. The summed E-state index contributed by atoms with van der Waals surface area (Å²) in [4.78, 5) is 26.3. The summed E-state index contributed by atoms with van der Waals surface area (Å²) < 4.78 is 5.14. The van der Waals surface area contributed by atoms with Gasteiger partial charge in [-0.15, -0.1) is 0 Å². The Kier molecular flexibility index (Phi) is 4.71. The molecule has 0 saturated heterocycles. The van der Waals surface area contributed by atoms with Crippen LogP contribution in [0.1, 0.15) is 24.8 Å². The largest absolute Gasteiger partial charge is 0.459 e. The number of nitrogens with one attached hydrogen (secondary N) is 1. The molecule has 118 valence electrons. The van der Waals surface area contributed by atoms with Crippen LogP contribution in [0.4, 0.5) is 0 Å². The van der Waals surface area contributed by atoms with Gasteiger partial charge in [0.1, 0.15) is 6.10 Å². The lowest BCUT2D eigenvalue weighted by molar-refractivity contribution is -0.143. The van der Waals surface area contributed by atoms with Crippen molar-refractivity contribution in [2.75, 3.05) is 0 Å². The highest BCUT2D eigenvalue weighted by molar-refractivity contribution is 5.90. The number of hydrogen-bond acceptors (Lipinski definition) is 3. The predicted octanol–water partition coefficient (Wildman–Crippen LogP) is 3.49. The number of aryl methyl sites for hydroxylation is 1. The number of benzene rings is 1. The molecule has 0 saturated carbocycles. The Labute approximate surface area is 134 Å². The molecule has 1 aliphatic heterocycles. The second-order valence-electron chi connectivity index (χ2n) is 5.66. The molecule has 0 spiro atoms. The zero-order valence-electron chi connectivity index (χ0n) is 12.8. The SMILES string of the molecule is O=C(/C=C/C[C@@H]1CC=CC(=O)O1)CCc1c[nH]c2ccccc12. The maximum atomic E-state index is 12.0. The molecule has 1 atom stereocenters. The third-order valence-corrected chi connectivity index (χ3v) is 3.95. The lowest BCUT2D eigenvalue weighted by atomic mass is 10.1. The molecule has 23 heavy (non-hydrogen) atoms. The van der Waals surface area contributed by atoms with Crippen LogP contribution in [0.25, 0.3) is 10.9 Å². The van der Waals surface area contributed by atoms with E-state index in [1.54, 1.807) is 12.2 Å².